The number of dihydropyridines is 1. The van der Waals surface area contributed by atoms with E-state index in [9.17, 15) is 22.8 Å². The van der Waals surface area contributed by atoms with E-state index in [4.69, 9.17) is 9.47 Å². The van der Waals surface area contributed by atoms with Crippen LogP contribution in [0, 0.1) is 0 Å². The minimum Gasteiger partial charge on any atom is -0.460 e. The number of hydrogen-bond acceptors (Lipinski definition) is 5. The number of carbonyl (C=O) groups is 2. The molecule has 0 saturated carbocycles. The fourth-order valence-electron chi connectivity index (χ4n) is 3.99. The van der Waals surface area contributed by atoms with Gasteiger partial charge in [-0.1, -0.05) is 18.2 Å². The van der Waals surface area contributed by atoms with Crippen molar-refractivity contribution in [2.24, 2.45) is 0 Å². The Balaban J connectivity index is 2.10. The lowest BCUT2D eigenvalue weighted by Gasteiger charge is -2.35. The number of benzene rings is 1. The molecule has 1 atom stereocenters. The maximum atomic E-state index is 13.8. The van der Waals surface area contributed by atoms with Crippen molar-refractivity contribution >= 4 is 11.8 Å². The third-order valence-corrected chi connectivity index (χ3v) is 5.24. The summed E-state index contributed by atoms with van der Waals surface area (Å²) in [6.45, 7) is 4.01. The van der Waals surface area contributed by atoms with Crippen molar-refractivity contribution in [1.82, 2.24) is 5.32 Å². The number of esters is 1. The van der Waals surface area contributed by atoms with Crippen LogP contribution in [0.25, 0.3) is 0 Å². The van der Waals surface area contributed by atoms with Crippen molar-refractivity contribution in [3.63, 3.8) is 0 Å². The van der Waals surface area contributed by atoms with Gasteiger partial charge in [0.2, 0.25) is 0 Å². The molecule has 1 N–H and O–H groups in total. The predicted octanol–water partition coefficient (Wildman–Crippen LogP) is 4.25. The first kappa shape index (κ1) is 22.1. The Labute approximate surface area is 172 Å². The smallest absolute Gasteiger partial charge is 0.416 e. The van der Waals surface area contributed by atoms with Gasteiger partial charge in [0.1, 0.15) is 6.61 Å². The third-order valence-electron chi connectivity index (χ3n) is 5.24. The van der Waals surface area contributed by atoms with Crippen LogP contribution in [0.4, 0.5) is 13.2 Å². The van der Waals surface area contributed by atoms with Crippen molar-refractivity contribution in [3.05, 3.63) is 57.9 Å². The number of nitrogens with one attached hydrogen (secondary N) is 1. The zero-order valence-electron chi connectivity index (χ0n) is 16.9. The molecule has 5 nitrogen and oxygen atoms in total. The molecule has 1 aromatic rings. The van der Waals surface area contributed by atoms with Gasteiger partial charge < -0.3 is 14.8 Å². The number of Topliss-reactive ketones (excluding diaryl/α,β-unsaturated/α-hetero) is 1. The van der Waals surface area contributed by atoms with Crippen LogP contribution in [0.15, 0.2) is 46.8 Å². The Kier molecular flexibility index (Phi) is 6.65. The van der Waals surface area contributed by atoms with Crippen LogP contribution in [-0.4, -0.2) is 31.6 Å². The summed E-state index contributed by atoms with van der Waals surface area (Å²) >= 11 is 0. The maximum Gasteiger partial charge on any atom is 0.416 e. The second-order valence-corrected chi connectivity index (χ2v) is 7.18. The molecular weight excluding hydrogens is 399 g/mol. The highest BCUT2D eigenvalue weighted by molar-refractivity contribution is 6.03. The SMILES string of the molecule is CCOCCOC(=O)C1=C(C)NC2=C(C(=O)CCC2)[C@H]1c1ccccc1C(F)(F)F. The zero-order chi connectivity index (χ0) is 21.9. The number of halogens is 3. The summed E-state index contributed by atoms with van der Waals surface area (Å²) in [6, 6.07) is 5.07. The van der Waals surface area contributed by atoms with Gasteiger partial charge in [0, 0.05) is 35.9 Å². The topological polar surface area (TPSA) is 64.6 Å². The predicted molar refractivity (Wildman–Crippen MR) is 103 cm³/mol. The van der Waals surface area contributed by atoms with Crippen molar-refractivity contribution in [3.8, 4) is 0 Å². The first-order chi connectivity index (χ1) is 14.3. The fraction of sp³-hybridized carbons (Fsp3) is 0.455. The van der Waals surface area contributed by atoms with E-state index in [-0.39, 0.29) is 42.1 Å². The van der Waals surface area contributed by atoms with E-state index in [0.717, 1.165) is 6.07 Å². The summed E-state index contributed by atoms with van der Waals surface area (Å²) in [4.78, 5) is 25.7. The van der Waals surface area contributed by atoms with E-state index in [0.29, 0.717) is 30.8 Å². The van der Waals surface area contributed by atoms with E-state index in [1.165, 1.54) is 18.2 Å². The maximum absolute atomic E-state index is 13.8. The van der Waals surface area contributed by atoms with E-state index < -0.39 is 23.6 Å². The standard InChI is InChI=1S/C22H24F3NO4/c1-3-29-11-12-30-21(28)18-13(2)26-16-9-6-10-17(27)20(16)19(18)14-7-4-5-8-15(14)22(23,24)25/h4-5,7-8,19,26H,3,6,9-12H2,1-2H3/t19-/m0/s1. The highest BCUT2D eigenvalue weighted by Gasteiger charge is 2.43. The number of ether oxygens (including phenoxy) is 2. The summed E-state index contributed by atoms with van der Waals surface area (Å²) in [5, 5.41) is 3.06. The molecule has 2 aliphatic rings. The van der Waals surface area contributed by atoms with Crippen LogP contribution >= 0.6 is 0 Å². The first-order valence-electron chi connectivity index (χ1n) is 9.90. The number of carbonyl (C=O) groups excluding carboxylic acids is 2. The van der Waals surface area contributed by atoms with Gasteiger partial charge in [-0.25, -0.2) is 4.79 Å². The first-order valence-corrected chi connectivity index (χ1v) is 9.90. The molecule has 8 heteroatoms. The molecule has 0 radical (unpaired) electrons. The molecule has 0 unspecified atom stereocenters. The largest absolute Gasteiger partial charge is 0.460 e. The van der Waals surface area contributed by atoms with Crippen LogP contribution < -0.4 is 5.32 Å². The van der Waals surface area contributed by atoms with E-state index in [1.807, 2.05) is 0 Å². The Morgan fingerprint density at radius 2 is 1.93 bits per heavy atom. The van der Waals surface area contributed by atoms with Gasteiger partial charge in [0.25, 0.3) is 0 Å². The molecule has 1 heterocycles. The minimum atomic E-state index is -4.63. The molecule has 0 aromatic heterocycles. The van der Waals surface area contributed by atoms with Crippen molar-refractivity contribution in [2.45, 2.75) is 45.2 Å². The molecule has 0 bridgehead atoms. The van der Waals surface area contributed by atoms with Gasteiger partial charge in [-0.15, -0.1) is 0 Å². The summed E-state index contributed by atoms with van der Waals surface area (Å²) in [7, 11) is 0. The number of hydrogen-bond donors (Lipinski definition) is 1. The molecule has 162 valence electrons. The molecule has 1 aromatic carbocycles. The second-order valence-electron chi connectivity index (χ2n) is 7.18. The zero-order valence-corrected chi connectivity index (χ0v) is 16.9. The van der Waals surface area contributed by atoms with Crippen LogP contribution in [0.3, 0.4) is 0 Å². The van der Waals surface area contributed by atoms with Crippen LogP contribution in [0.5, 0.6) is 0 Å². The molecule has 1 aliphatic heterocycles. The van der Waals surface area contributed by atoms with Gasteiger partial charge >= 0.3 is 12.1 Å². The average Bonchev–Trinajstić information content (AvgIpc) is 2.69. The van der Waals surface area contributed by atoms with E-state index in [1.54, 1.807) is 13.8 Å². The lowest BCUT2D eigenvalue weighted by Crippen LogP contribution is -2.35. The highest BCUT2D eigenvalue weighted by Crippen LogP contribution is 2.46. The van der Waals surface area contributed by atoms with Gasteiger partial charge in [0.15, 0.2) is 5.78 Å². The van der Waals surface area contributed by atoms with E-state index in [2.05, 4.69) is 5.32 Å². The lowest BCUT2D eigenvalue weighted by atomic mass is 9.74. The summed E-state index contributed by atoms with van der Waals surface area (Å²) < 4.78 is 51.7. The molecule has 1 aliphatic carbocycles. The quantitative estimate of drug-likeness (QED) is 0.547. The molecule has 0 amide bonds. The molecular formula is C22H24F3NO4. The number of alkyl halides is 3. The van der Waals surface area contributed by atoms with Gasteiger partial charge in [-0.05, 0) is 38.3 Å². The van der Waals surface area contributed by atoms with Crippen molar-refractivity contribution < 1.29 is 32.2 Å². The third kappa shape index (κ3) is 4.43. The number of ketones is 1. The number of rotatable bonds is 6. The summed E-state index contributed by atoms with van der Waals surface area (Å²) in [6.07, 6.45) is -3.25. The van der Waals surface area contributed by atoms with Crippen LogP contribution in [0.2, 0.25) is 0 Å². The molecule has 0 saturated heterocycles. The Hall–Kier alpha value is -2.61. The van der Waals surface area contributed by atoms with Gasteiger partial charge in [0.05, 0.1) is 17.7 Å². The van der Waals surface area contributed by atoms with Crippen molar-refractivity contribution in [2.75, 3.05) is 19.8 Å². The van der Waals surface area contributed by atoms with Gasteiger partial charge in [-0.3, -0.25) is 4.79 Å². The minimum absolute atomic E-state index is 0.0252. The molecule has 3 rings (SSSR count). The normalized spacial score (nSPS) is 19.5. The van der Waals surface area contributed by atoms with E-state index >= 15 is 0 Å². The highest BCUT2D eigenvalue weighted by atomic mass is 19.4. The molecule has 0 spiro atoms. The van der Waals surface area contributed by atoms with Gasteiger partial charge in [-0.2, -0.15) is 13.2 Å². The second kappa shape index (κ2) is 9.04. The lowest BCUT2D eigenvalue weighted by molar-refractivity contribution is -0.142. The fourth-order valence-corrected chi connectivity index (χ4v) is 3.99. The Morgan fingerprint density at radius 1 is 1.20 bits per heavy atom. The van der Waals surface area contributed by atoms with Crippen LogP contribution in [0.1, 0.15) is 50.2 Å². The average molecular weight is 423 g/mol. The molecule has 30 heavy (non-hydrogen) atoms. The number of allylic oxidation sites excluding steroid dienone is 3. The summed E-state index contributed by atoms with van der Waals surface area (Å²) in [5.41, 5.74) is 0.237. The summed E-state index contributed by atoms with van der Waals surface area (Å²) in [5.74, 6) is -2.14. The van der Waals surface area contributed by atoms with Crippen LogP contribution in [-0.2, 0) is 25.2 Å². The monoisotopic (exact) mass is 423 g/mol. The molecule has 0 fully saturated rings. The van der Waals surface area contributed by atoms with Crippen molar-refractivity contribution in [1.29, 1.82) is 0 Å². The Bertz CT molecular complexity index is 902. The Morgan fingerprint density at radius 3 is 2.63 bits per heavy atom.